The zero-order valence-electron chi connectivity index (χ0n) is 19.7. The maximum absolute atomic E-state index is 13.5. The van der Waals surface area contributed by atoms with Crippen LogP contribution in [0, 0.1) is 6.92 Å². The van der Waals surface area contributed by atoms with Gasteiger partial charge in [-0.25, -0.2) is 15.0 Å². The van der Waals surface area contributed by atoms with E-state index in [1.54, 1.807) is 31.2 Å². The molecule has 4 aromatic rings. The van der Waals surface area contributed by atoms with Crippen molar-refractivity contribution in [3.63, 3.8) is 0 Å². The monoisotopic (exact) mass is 522 g/mol. The van der Waals surface area contributed by atoms with Gasteiger partial charge in [-0.3, -0.25) is 10.2 Å². The van der Waals surface area contributed by atoms with Crippen LogP contribution in [0.25, 0.3) is 22.5 Å². The first-order valence-corrected chi connectivity index (χ1v) is 12.4. The minimum atomic E-state index is -0.325. The SMILES string of the molecule is Cc1nnn(Cc2nc(-c3ccc(Cl)cc3)c(-c3ccc(Cl)cc3)nc2C(=O)NN2CCCCC2)n1. The van der Waals surface area contributed by atoms with Crippen LogP contribution in [-0.4, -0.2) is 54.2 Å². The molecule has 0 saturated carbocycles. The summed E-state index contributed by atoms with van der Waals surface area (Å²) < 4.78 is 0. The minimum absolute atomic E-state index is 0.137. The summed E-state index contributed by atoms with van der Waals surface area (Å²) in [7, 11) is 0. The van der Waals surface area contributed by atoms with Gasteiger partial charge in [0.1, 0.15) is 6.54 Å². The zero-order chi connectivity index (χ0) is 25.1. The smallest absolute Gasteiger partial charge is 0.283 e. The second kappa shape index (κ2) is 10.7. The number of nitrogens with zero attached hydrogens (tertiary/aromatic N) is 7. The van der Waals surface area contributed by atoms with E-state index in [1.165, 1.54) is 4.80 Å². The topological polar surface area (TPSA) is 102 Å². The van der Waals surface area contributed by atoms with Crippen LogP contribution in [0.3, 0.4) is 0 Å². The van der Waals surface area contributed by atoms with Gasteiger partial charge in [-0.1, -0.05) is 53.9 Å². The quantitative estimate of drug-likeness (QED) is 0.395. The number of aryl methyl sites for hydroxylation is 1. The van der Waals surface area contributed by atoms with Crippen LogP contribution in [0.2, 0.25) is 10.0 Å². The van der Waals surface area contributed by atoms with Crippen molar-refractivity contribution in [2.45, 2.75) is 32.7 Å². The van der Waals surface area contributed by atoms with Crippen LogP contribution in [0.1, 0.15) is 41.3 Å². The number of halogens is 2. The van der Waals surface area contributed by atoms with Crippen molar-refractivity contribution in [2.75, 3.05) is 13.1 Å². The van der Waals surface area contributed by atoms with Gasteiger partial charge in [-0.05, 0) is 49.2 Å². The van der Waals surface area contributed by atoms with Gasteiger partial charge >= 0.3 is 0 Å². The van der Waals surface area contributed by atoms with Crippen LogP contribution >= 0.6 is 23.2 Å². The number of rotatable bonds is 6. The summed E-state index contributed by atoms with van der Waals surface area (Å²) in [6.07, 6.45) is 3.23. The summed E-state index contributed by atoms with van der Waals surface area (Å²) in [5, 5.41) is 15.4. The molecule has 1 amide bonds. The standard InChI is InChI=1S/C25H24Cl2N8O/c1-16-30-33-35(31-16)15-21-24(25(36)32-34-13-3-2-4-14-34)29-23(18-7-11-20(27)12-8-18)22(28-21)17-5-9-19(26)10-6-17/h5-12H,2-4,13-15H2,1H3,(H,32,36). The first kappa shape index (κ1) is 24.3. The number of piperidine rings is 1. The van der Waals surface area contributed by atoms with Gasteiger partial charge in [0.25, 0.3) is 5.91 Å². The number of tetrazole rings is 1. The fourth-order valence-electron chi connectivity index (χ4n) is 4.11. The van der Waals surface area contributed by atoms with E-state index < -0.39 is 0 Å². The van der Waals surface area contributed by atoms with Gasteiger partial charge in [0.15, 0.2) is 11.5 Å². The van der Waals surface area contributed by atoms with Gasteiger partial charge in [-0.2, -0.15) is 4.80 Å². The summed E-state index contributed by atoms with van der Waals surface area (Å²) in [4.78, 5) is 24.7. The van der Waals surface area contributed by atoms with Gasteiger partial charge in [0.05, 0.1) is 17.1 Å². The predicted molar refractivity (Wildman–Crippen MR) is 137 cm³/mol. The molecule has 2 aromatic carbocycles. The van der Waals surface area contributed by atoms with Gasteiger partial charge in [0.2, 0.25) is 0 Å². The van der Waals surface area contributed by atoms with Gasteiger partial charge in [-0.15, -0.1) is 10.2 Å². The Kier molecular flexibility index (Phi) is 7.22. The van der Waals surface area contributed by atoms with Crippen molar-refractivity contribution in [1.82, 2.24) is 40.6 Å². The Morgan fingerprint density at radius 3 is 2.03 bits per heavy atom. The highest BCUT2D eigenvalue weighted by molar-refractivity contribution is 6.31. The predicted octanol–water partition coefficient (Wildman–Crippen LogP) is 4.59. The van der Waals surface area contributed by atoms with Crippen molar-refractivity contribution >= 4 is 29.1 Å². The summed E-state index contributed by atoms with van der Waals surface area (Å²) in [5.41, 5.74) is 6.41. The summed E-state index contributed by atoms with van der Waals surface area (Å²) in [5.74, 6) is 0.201. The van der Waals surface area contributed by atoms with E-state index in [0.717, 1.165) is 43.5 Å². The second-order valence-electron chi connectivity index (χ2n) is 8.59. The maximum atomic E-state index is 13.5. The third-order valence-electron chi connectivity index (χ3n) is 5.88. The molecule has 0 bridgehead atoms. The minimum Gasteiger partial charge on any atom is -0.283 e. The fraction of sp³-hybridized carbons (Fsp3) is 0.280. The average molecular weight is 523 g/mol. The molecule has 1 aliphatic heterocycles. The molecule has 0 aliphatic carbocycles. The highest BCUT2D eigenvalue weighted by Crippen LogP contribution is 2.32. The molecule has 5 rings (SSSR count). The Morgan fingerprint density at radius 1 is 0.889 bits per heavy atom. The van der Waals surface area contributed by atoms with Crippen molar-refractivity contribution in [3.8, 4) is 22.5 Å². The molecular weight excluding hydrogens is 499 g/mol. The van der Waals surface area contributed by atoms with Crippen LogP contribution in [0.5, 0.6) is 0 Å². The van der Waals surface area contributed by atoms with Crippen LogP contribution in [0.15, 0.2) is 48.5 Å². The summed E-state index contributed by atoms with van der Waals surface area (Å²) >= 11 is 12.3. The molecule has 1 N–H and O–H groups in total. The highest BCUT2D eigenvalue weighted by atomic mass is 35.5. The Bertz CT molecular complexity index is 1370. The molecule has 36 heavy (non-hydrogen) atoms. The van der Waals surface area contributed by atoms with E-state index in [1.807, 2.05) is 29.3 Å². The van der Waals surface area contributed by atoms with E-state index in [9.17, 15) is 4.79 Å². The lowest BCUT2D eigenvalue weighted by atomic mass is 10.0. The van der Waals surface area contributed by atoms with E-state index in [0.29, 0.717) is 33.0 Å². The lowest BCUT2D eigenvalue weighted by Gasteiger charge is -2.27. The van der Waals surface area contributed by atoms with Crippen LogP contribution in [-0.2, 0) is 6.54 Å². The van der Waals surface area contributed by atoms with E-state index in [4.69, 9.17) is 33.2 Å². The number of hydrazine groups is 1. The van der Waals surface area contributed by atoms with E-state index in [2.05, 4.69) is 20.8 Å². The fourth-order valence-corrected chi connectivity index (χ4v) is 4.36. The normalized spacial score (nSPS) is 14.1. The Balaban J connectivity index is 1.65. The molecule has 11 heteroatoms. The molecule has 0 spiro atoms. The molecular formula is C25H24Cl2N8O. The maximum Gasteiger partial charge on any atom is 0.286 e. The zero-order valence-corrected chi connectivity index (χ0v) is 21.2. The van der Waals surface area contributed by atoms with Crippen molar-refractivity contribution in [3.05, 3.63) is 75.8 Å². The second-order valence-corrected chi connectivity index (χ2v) is 9.46. The highest BCUT2D eigenvalue weighted by Gasteiger charge is 2.24. The molecule has 9 nitrogen and oxygen atoms in total. The Morgan fingerprint density at radius 2 is 1.47 bits per heavy atom. The van der Waals surface area contributed by atoms with Crippen molar-refractivity contribution in [2.24, 2.45) is 0 Å². The van der Waals surface area contributed by atoms with Crippen molar-refractivity contribution < 1.29 is 4.79 Å². The van der Waals surface area contributed by atoms with E-state index >= 15 is 0 Å². The lowest BCUT2D eigenvalue weighted by Crippen LogP contribution is -2.45. The first-order chi connectivity index (χ1) is 17.5. The van der Waals surface area contributed by atoms with Gasteiger partial charge in [0, 0.05) is 34.3 Å². The molecule has 0 unspecified atom stereocenters. The third kappa shape index (κ3) is 5.53. The molecule has 1 saturated heterocycles. The molecule has 184 valence electrons. The number of hydrogen-bond donors (Lipinski definition) is 1. The molecule has 1 aliphatic rings. The third-order valence-corrected chi connectivity index (χ3v) is 6.38. The van der Waals surface area contributed by atoms with Crippen LogP contribution in [0.4, 0.5) is 0 Å². The average Bonchev–Trinajstić information content (AvgIpc) is 3.30. The Hall–Kier alpha value is -3.40. The van der Waals surface area contributed by atoms with Crippen LogP contribution < -0.4 is 5.43 Å². The number of carbonyl (C=O) groups is 1. The molecule has 0 atom stereocenters. The number of hydrogen-bond acceptors (Lipinski definition) is 7. The number of aromatic nitrogens is 6. The number of benzene rings is 2. The lowest BCUT2D eigenvalue weighted by molar-refractivity contribution is 0.0743. The number of carbonyl (C=O) groups excluding carboxylic acids is 1. The molecule has 2 aromatic heterocycles. The number of nitrogens with one attached hydrogen (secondary N) is 1. The molecule has 1 fully saturated rings. The summed E-state index contributed by atoms with van der Waals surface area (Å²) in [6, 6.07) is 14.6. The number of amides is 1. The Labute approximate surface area is 218 Å². The largest absolute Gasteiger partial charge is 0.286 e. The summed E-state index contributed by atoms with van der Waals surface area (Å²) in [6.45, 7) is 3.48. The van der Waals surface area contributed by atoms with E-state index in [-0.39, 0.29) is 18.1 Å². The molecule has 3 heterocycles. The molecule has 0 radical (unpaired) electrons. The van der Waals surface area contributed by atoms with Crippen molar-refractivity contribution in [1.29, 1.82) is 0 Å². The first-order valence-electron chi connectivity index (χ1n) is 11.7. The van der Waals surface area contributed by atoms with Gasteiger partial charge < -0.3 is 0 Å².